The lowest BCUT2D eigenvalue weighted by Crippen LogP contribution is -2.14. The Morgan fingerprint density at radius 3 is 2.36 bits per heavy atom. The first-order chi connectivity index (χ1) is 12.1. The van der Waals surface area contributed by atoms with Crippen molar-refractivity contribution in [3.05, 3.63) is 65.7 Å². The van der Waals surface area contributed by atoms with Gasteiger partial charge in [0.15, 0.2) is 0 Å². The second kappa shape index (κ2) is 9.62. The Bertz CT molecular complexity index is 680. The van der Waals surface area contributed by atoms with E-state index in [-0.39, 0.29) is 17.8 Å². The number of esters is 1. The van der Waals surface area contributed by atoms with Crippen LogP contribution in [0.5, 0.6) is 0 Å². The number of amides is 1. The molecule has 0 aromatic heterocycles. The van der Waals surface area contributed by atoms with Crippen molar-refractivity contribution >= 4 is 17.6 Å². The highest BCUT2D eigenvalue weighted by atomic mass is 16.5. The summed E-state index contributed by atoms with van der Waals surface area (Å²) in [5.41, 5.74) is 2.31. The summed E-state index contributed by atoms with van der Waals surface area (Å²) in [5.74, 6) is -0.229. The summed E-state index contributed by atoms with van der Waals surface area (Å²) >= 11 is 0. The number of nitrogens with one attached hydrogen (secondary N) is 1. The van der Waals surface area contributed by atoms with Crippen LogP contribution in [0.1, 0.15) is 54.9 Å². The molecule has 0 radical (unpaired) electrons. The van der Waals surface area contributed by atoms with E-state index in [9.17, 15) is 9.59 Å². The molecule has 0 heterocycles. The highest BCUT2D eigenvalue weighted by Crippen LogP contribution is 2.19. The summed E-state index contributed by atoms with van der Waals surface area (Å²) in [4.78, 5) is 24.0. The number of benzene rings is 2. The van der Waals surface area contributed by atoms with Crippen molar-refractivity contribution in [3.63, 3.8) is 0 Å². The molecule has 0 aliphatic heterocycles. The molecule has 4 heteroatoms. The van der Waals surface area contributed by atoms with Crippen molar-refractivity contribution in [2.24, 2.45) is 0 Å². The van der Waals surface area contributed by atoms with E-state index in [1.165, 1.54) is 0 Å². The minimum Gasteiger partial charge on any atom is -0.462 e. The van der Waals surface area contributed by atoms with Crippen molar-refractivity contribution in [1.29, 1.82) is 0 Å². The Hall–Kier alpha value is -2.62. The molecule has 0 aliphatic carbocycles. The van der Waals surface area contributed by atoms with Gasteiger partial charge in [0.1, 0.15) is 0 Å². The third-order valence-electron chi connectivity index (χ3n) is 4.00. The summed E-state index contributed by atoms with van der Waals surface area (Å²) in [6.45, 7) is 4.51. The third-order valence-corrected chi connectivity index (χ3v) is 4.00. The number of carbonyl (C=O) groups is 2. The van der Waals surface area contributed by atoms with Gasteiger partial charge in [-0.1, -0.05) is 50.6 Å². The summed E-state index contributed by atoms with van der Waals surface area (Å²) in [7, 11) is 0. The van der Waals surface area contributed by atoms with Gasteiger partial charge in [0.25, 0.3) is 0 Å². The van der Waals surface area contributed by atoms with Crippen LogP contribution in [-0.4, -0.2) is 18.5 Å². The quantitative estimate of drug-likeness (QED) is 0.556. The molecule has 1 N–H and O–H groups in total. The highest BCUT2D eigenvalue weighted by molar-refractivity contribution is 5.93. The van der Waals surface area contributed by atoms with Gasteiger partial charge in [-0.05, 0) is 42.2 Å². The van der Waals surface area contributed by atoms with E-state index < -0.39 is 0 Å². The van der Waals surface area contributed by atoms with E-state index in [2.05, 4.69) is 5.32 Å². The van der Waals surface area contributed by atoms with Crippen LogP contribution < -0.4 is 5.32 Å². The fourth-order valence-electron chi connectivity index (χ4n) is 2.47. The van der Waals surface area contributed by atoms with Gasteiger partial charge < -0.3 is 10.1 Å². The minimum absolute atomic E-state index is 0.0466. The van der Waals surface area contributed by atoms with E-state index in [0.29, 0.717) is 24.3 Å². The number of rotatable bonds is 8. The number of anilines is 1. The lowest BCUT2D eigenvalue weighted by molar-refractivity contribution is -0.116. The zero-order chi connectivity index (χ0) is 18.1. The maximum absolute atomic E-state index is 12.2. The molecule has 2 aromatic rings. The van der Waals surface area contributed by atoms with Crippen LogP contribution in [-0.2, 0) is 9.53 Å². The molecule has 1 atom stereocenters. The van der Waals surface area contributed by atoms with Crippen molar-refractivity contribution in [2.45, 2.75) is 39.0 Å². The van der Waals surface area contributed by atoms with Gasteiger partial charge in [-0.2, -0.15) is 0 Å². The lowest BCUT2D eigenvalue weighted by atomic mass is 9.97. The summed E-state index contributed by atoms with van der Waals surface area (Å²) in [5, 5.41) is 2.87. The topological polar surface area (TPSA) is 55.4 Å². The van der Waals surface area contributed by atoms with Crippen LogP contribution in [0.3, 0.4) is 0 Å². The molecule has 132 valence electrons. The zero-order valence-corrected chi connectivity index (χ0v) is 14.8. The average molecular weight is 339 g/mol. The second-order valence-corrected chi connectivity index (χ2v) is 6.13. The Labute approximate surface area is 149 Å². The molecular weight excluding hydrogens is 314 g/mol. The van der Waals surface area contributed by atoms with Gasteiger partial charge in [-0.15, -0.1) is 0 Å². The molecule has 0 bridgehead atoms. The SMILES string of the molecule is CCCCOC(=O)c1ccc(NC(=O)C[C@H](C)c2ccccc2)cc1. The summed E-state index contributed by atoms with van der Waals surface area (Å²) in [6.07, 6.45) is 2.25. The fourth-order valence-corrected chi connectivity index (χ4v) is 2.47. The van der Waals surface area contributed by atoms with E-state index in [0.717, 1.165) is 18.4 Å². The van der Waals surface area contributed by atoms with E-state index in [1.807, 2.05) is 44.2 Å². The summed E-state index contributed by atoms with van der Waals surface area (Å²) < 4.78 is 5.16. The van der Waals surface area contributed by atoms with Crippen molar-refractivity contribution < 1.29 is 14.3 Å². The smallest absolute Gasteiger partial charge is 0.338 e. The molecule has 4 nitrogen and oxygen atoms in total. The Morgan fingerprint density at radius 2 is 1.72 bits per heavy atom. The van der Waals surface area contributed by atoms with Crippen LogP contribution in [0.2, 0.25) is 0 Å². The molecule has 0 saturated carbocycles. The molecule has 25 heavy (non-hydrogen) atoms. The number of ether oxygens (including phenoxy) is 1. The Kier molecular flexibility index (Phi) is 7.20. The Morgan fingerprint density at radius 1 is 1.04 bits per heavy atom. The van der Waals surface area contributed by atoms with E-state index in [1.54, 1.807) is 24.3 Å². The van der Waals surface area contributed by atoms with Crippen LogP contribution in [0, 0.1) is 0 Å². The third kappa shape index (κ3) is 6.07. The average Bonchev–Trinajstić information content (AvgIpc) is 2.63. The first kappa shape index (κ1) is 18.7. The molecular formula is C21H25NO3. The van der Waals surface area contributed by atoms with Gasteiger partial charge in [-0.3, -0.25) is 4.79 Å². The maximum Gasteiger partial charge on any atom is 0.338 e. The van der Waals surface area contributed by atoms with Gasteiger partial charge >= 0.3 is 5.97 Å². The van der Waals surface area contributed by atoms with Crippen LogP contribution >= 0.6 is 0 Å². The molecule has 0 unspecified atom stereocenters. The normalized spacial score (nSPS) is 11.6. The van der Waals surface area contributed by atoms with Crippen molar-refractivity contribution in [3.8, 4) is 0 Å². The van der Waals surface area contributed by atoms with Crippen molar-refractivity contribution in [1.82, 2.24) is 0 Å². The fraction of sp³-hybridized carbons (Fsp3) is 0.333. The number of unbranched alkanes of at least 4 members (excludes halogenated alkanes) is 1. The number of carbonyl (C=O) groups excluding carboxylic acids is 2. The van der Waals surface area contributed by atoms with Crippen LogP contribution in [0.25, 0.3) is 0 Å². The molecule has 0 fully saturated rings. The molecule has 0 spiro atoms. The standard InChI is InChI=1S/C21H25NO3/c1-3-4-14-25-21(24)18-10-12-19(13-11-18)22-20(23)15-16(2)17-8-6-5-7-9-17/h5-13,16H,3-4,14-15H2,1-2H3,(H,22,23)/t16-/m0/s1. The van der Waals surface area contributed by atoms with Gasteiger partial charge in [0, 0.05) is 12.1 Å². The first-order valence-corrected chi connectivity index (χ1v) is 8.72. The minimum atomic E-state index is -0.330. The second-order valence-electron chi connectivity index (χ2n) is 6.13. The van der Waals surface area contributed by atoms with Gasteiger partial charge in [-0.25, -0.2) is 4.79 Å². The van der Waals surface area contributed by atoms with Gasteiger partial charge in [0.2, 0.25) is 5.91 Å². The molecule has 0 aliphatic rings. The van der Waals surface area contributed by atoms with Crippen LogP contribution in [0.15, 0.2) is 54.6 Å². The lowest BCUT2D eigenvalue weighted by Gasteiger charge is -2.12. The van der Waals surface area contributed by atoms with E-state index >= 15 is 0 Å². The highest BCUT2D eigenvalue weighted by Gasteiger charge is 2.12. The van der Waals surface area contributed by atoms with Crippen LogP contribution in [0.4, 0.5) is 5.69 Å². The molecule has 0 saturated heterocycles. The largest absolute Gasteiger partial charge is 0.462 e. The number of hydrogen-bond acceptors (Lipinski definition) is 3. The molecule has 2 rings (SSSR count). The zero-order valence-electron chi connectivity index (χ0n) is 14.8. The predicted octanol–water partition coefficient (Wildman–Crippen LogP) is 4.78. The Balaban J connectivity index is 1.86. The first-order valence-electron chi connectivity index (χ1n) is 8.72. The predicted molar refractivity (Wildman–Crippen MR) is 99.7 cm³/mol. The van der Waals surface area contributed by atoms with Gasteiger partial charge in [0.05, 0.1) is 12.2 Å². The monoisotopic (exact) mass is 339 g/mol. The van der Waals surface area contributed by atoms with Crippen molar-refractivity contribution in [2.75, 3.05) is 11.9 Å². The molecule has 1 amide bonds. The summed E-state index contributed by atoms with van der Waals surface area (Å²) in [6, 6.07) is 16.8. The van der Waals surface area contributed by atoms with E-state index in [4.69, 9.17) is 4.74 Å². The maximum atomic E-state index is 12.2. The number of hydrogen-bond donors (Lipinski definition) is 1. The molecule has 2 aromatic carbocycles.